The van der Waals surface area contributed by atoms with Crippen LogP contribution in [0.25, 0.3) is 11.0 Å². The van der Waals surface area contributed by atoms with Crippen LogP contribution in [0.4, 0.5) is 0 Å². The largest absolute Gasteiger partial charge is 0.269 e. The Morgan fingerprint density at radius 2 is 1.79 bits per heavy atom. The predicted octanol–water partition coefficient (Wildman–Crippen LogP) is 2.88. The van der Waals surface area contributed by atoms with E-state index in [0.29, 0.717) is 14.7 Å². The average Bonchev–Trinajstić information content (AvgIpc) is 2.76. The van der Waals surface area contributed by atoms with Crippen molar-refractivity contribution in [1.29, 1.82) is 0 Å². The van der Waals surface area contributed by atoms with Crippen LogP contribution >= 0.6 is 22.6 Å². The lowest BCUT2D eigenvalue weighted by Gasteiger charge is -2.08. The molecule has 3 aromatic rings. The Bertz CT molecular complexity index is 841. The molecule has 96 valence electrons. The fourth-order valence-electron chi connectivity index (χ4n) is 1.92. The highest BCUT2D eigenvalue weighted by atomic mass is 127. The SMILES string of the molecule is O=S(=O)(c1ccccc1)n1c(I)cc2ncccc21. The maximum Gasteiger partial charge on any atom is 0.269 e. The van der Waals surface area contributed by atoms with Gasteiger partial charge in [0.15, 0.2) is 0 Å². The van der Waals surface area contributed by atoms with Crippen molar-refractivity contribution in [2.24, 2.45) is 0 Å². The van der Waals surface area contributed by atoms with Crippen LogP contribution in [0.15, 0.2) is 59.6 Å². The Balaban J connectivity index is 2.34. The zero-order valence-electron chi connectivity index (χ0n) is 9.69. The van der Waals surface area contributed by atoms with Crippen LogP contribution in [0, 0.1) is 3.70 Å². The second-order valence-corrected chi connectivity index (χ2v) is 6.85. The summed E-state index contributed by atoms with van der Waals surface area (Å²) in [6, 6.07) is 13.6. The van der Waals surface area contributed by atoms with Crippen LogP contribution in [0.3, 0.4) is 0 Å². The van der Waals surface area contributed by atoms with E-state index >= 15 is 0 Å². The van der Waals surface area contributed by atoms with Crippen molar-refractivity contribution in [3.05, 3.63) is 58.4 Å². The summed E-state index contributed by atoms with van der Waals surface area (Å²) in [7, 11) is -3.58. The number of nitrogens with zero attached hydrogens (tertiary/aromatic N) is 2. The van der Waals surface area contributed by atoms with Gasteiger partial charge in [0, 0.05) is 6.20 Å². The van der Waals surface area contributed by atoms with Crippen LogP contribution in [-0.2, 0) is 10.0 Å². The maximum atomic E-state index is 12.7. The molecule has 2 aromatic heterocycles. The van der Waals surface area contributed by atoms with Gasteiger partial charge in [0.25, 0.3) is 10.0 Å². The monoisotopic (exact) mass is 384 g/mol. The van der Waals surface area contributed by atoms with Crippen LogP contribution < -0.4 is 0 Å². The molecule has 3 rings (SSSR count). The third-order valence-corrected chi connectivity index (χ3v) is 5.63. The number of fused-ring (bicyclic) bond motifs is 1. The Labute approximate surface area is 124 Å². The van der Waals surface area contributed by atoms with Gasteiger partial charge in [-0.3, -0.25) is 4.98 Å². The average molecular weight is 384 g/mol. The summed E-state index contributed by atoms with van der Waals surface area (Å²) in [5, 5.41) is 0. The molecule has 0 aliphatic heterocycles. The number of benzene rings is 1. The predicted molar refractivity (Wildman–Crippen MR) is 81.5 cm³/mol. The third-order valence-electron chi connectivity index (χ3n) is 2.77. The molecule has 0 atom stereocenters. The summed E-state index contributed by atoms with van der Waals surface area (Å²) in [6.45, 7) is 0. The van der Waals surface area contributed by atoms with Crippen LogP contribution in [0.1, 0.15) is 0 Å². The van der Waals surface area contributed by atoms with Gasteiger partial charge in [-0.25, -0.2) is 12.4 Å². The number of aromatic nitrogens is 2. The molecule has 0 saturated heterocycles. The van der Waals surface area contributed by atoms with Crippen molar-refractivity contribution < 1.29 is 8.42 Å². The van der Waals surface area contributed by atoms with E-state index in [1.165, 1.54) is 3.97 Å². The smallest absolute Gasteiger partial charge is 0.255 e. The Hall–Kier alpha value is -1.41. The molecular formula is C13H9IN2O2S. The van der Waals surface area contributed by atoms with Gasteiger partial charge in [-0.1, -0.05) is 18.2 Å². The highest BCUT2D eigenvalue weighted by Gasteiger charge is 2.21. The van der Waals surface area contributed by atoms with E-state index in [1.54, 1.807) is 54.7 Å². The van der Waals surface area contributed by atoms with Gasteiger partial charge in [0.2, 0.25) is 0 Å². The molecule has 4 nitrogen and oxygen atoms in total. The first-order chi connectivity index (χ1) is 9.10. The Morgan fingerprint density at radius 1 is 1.05 bits per heavy atom. The lowest BCUT2D eigenvalue weighted by molar-refractivity contribution is 0.588. The van der Waals surface area contributed by atoms with E-state index < -0.39 is 10.0 Å². The van der Waals surface area contributed by atoms with Gasteiger partial charge in [-0.05, 0) is 52.9 Å². The molecule has 0 bridgehead atoms. The number of halogens is 1. The first kappa shape index (κ1) is 12.6. The molecule has 0 amide bonds. The van der Waals surface area contributed by atoms with E-state index in [1.807, 2.05) is 22.6 Å². The topological polar surface area (TPSA) is 52.0 Å². The number of hydrogen-bond donors (Lipinski definition) is 0. The standard InChI is InChI=1S/C13H9IN2O2S/c14-13-9-11-12(7-4-8-15-11)16(13)19(17,18)10-5-2-1-3-6-10/h1-9H. The molecular weight excluding hydrogens is 375 g/mol. The number of pyridine rings is 1. The molecule has 0 aliphatic carbocycles. The first-order valence-electron chi connectivity index (χ1n) is 5.53. The fourth-order valence-corrected chi connectivity index (χ4v) is 4.66. The summed E-state index contributed by atoms with van der Waals surface area (Å²) in [5.41, 5.74) is 1.27. The lowest BCUT2D eigenvalue weighted by atomic mass is 10.4. The van der Waals surface area contributed by atoms with E-state index in [2.05, 4.69) is 4.98 Å². The van der Waals surface area contributed by atoms with Gasteiger partial charge in [0.05, 0.1) is 19.6 Å². The minimum atomic E-state index is -3.58. The normalized spacial score (nSPS) is 11.8. The van der Waals surface area contributed by atoms with Crippen molar-refractivity contribution in [1.82, 2.24) is 8.96 Å². The number of rotatable bonds is 2. The summed E-state index contributed by atoms with van der Waals surface area (Å²) >= 11 is 2.01. The first-order valence-corrected chi connectivity index (χ1v) is 8.05. The molecule has 0 aliphatic rings. The van der Waals surface area contributed by atoms with Gasteiger partial charge in [-0.2, -0.15) is 0 Å². The van der Waals surface area contributed by atoms with Crippen LogP contribution in [-0.4, -0.2) is 17.4 Å². The second-order valence-electron chi connectivity index (χ2n) is 3.96. The molecule has 0 unspecified atom stereocenters. The molecule has 0 radical (unpaired) electrons. The van der Waals surface area contributed by atoms with Crippen LogP contribution in [0.2, 0.25) is 0 Å². The van der Waals surface area contributed by atoms with Gasteiger partial charge in [-0.15, -0.1) is 0 Å². The zero-order valence-corrected chi connectivity index (χ0v) is 12.7. The van der Waals surface area contributed by atoms with E-state index in [4.69, 9.17) is 0 Å². The van der Waals surface area contributed by atoms with E-state index in [0.717, 1.165) is 0 Å². The summed E-state index contributed by atoms with van der Waals surface area (Å²) in [4.78, 5) is 4.45. The maximum absolute atomic E-state index is 12.7. The van der Waals surface area contributed by atoms with Crippen molar-refractivity contribution in [2.45, 2.75) is 4.90 Å². The third kappa shape index (κ3) is 2.04. The Kier molecular flexibility index (Phi) is 3.06. The van der Waals surface area contributed by atoms with E-state index in [-0.39, 0.29) is 4.90 Å². The molecule has 0 fully saturated rings. The fraction of sp³-hybridized carbons (Fsp3) is 0. The second kappa shape index (κ2) is 4.61. The minimum absolute atomic E-state index is 0.272. The highest BCUT2D eigenvalue weighted by molar-refractivity contribution is 14.1. The zero-order chi connectivity index (χ0) is 13.5. The van der Waals surface area contributed by atoms with E-state index in [9.17, 15) is 8.42 Å². The van der Waals surface area contributed by atoms with Crippen LogP contribution in [0.5, 0.6) is 0 Å². The summed E-state index contributed by atoms with van der Waals surface area (Å²) in [5.74, 6) is 0. The van der Waals surface area contributed by atoms with Crippen molar-refractivity contribution in [2.75, 3.05) is 0 Å². The summed E-state index contributed by atoms with van der Waals surface area (Å²) < 4.78 is 27.3. The number of hydrogen-bond acceptors (Lipinski definition) is 3. The Morgan fingerprint density at radius 3 is 2.53 bits per heavy atom. The quantitative estimate of drug-likeness (QED) is 0.639. The molecule has 0 N–H and O–H groups in total. The lowest BCUT2D eigenvalue weighted by Crippen LogP contribution is -2.14. The molecule has 1 aromatic carbocycles. The van der Waals surface area contributed by atoms with Crippen molar-refractivity contribution in [3.8, 4) is 0 Å². The molecule has 0 saturated carbocycles. The molecule has 2 heterocycles. The molecule has 0 spiro atoms. The minimum Gasteiger partial charge on any atom is -0.255 e. The van der Waals surface area contributed by atoms with Crippen molar-refractivity contribution in [3.63, 3.8) is 0 Å². The van der Waals surface area contributed by atoms with Gasteiger partial charge >= 0.3 is 0 Å². The highest BCUT2D eigenvalue weighted by Crippen LogP contribution is 2.25. The molecule has 19 heavy (non-hydrogen) atoms. The van der Waals surface area contributed by atoms with Gasteiger partial charge in [0.1, 0.15) is 0 Å². The van der Waals surface area contributed by atoms with Gasteiger partial charge < -0.3 is 0 Å². The summed E-state index contributed by atoms with van der Waals surface area (Å²) in [6.07, 6.45) is 1.65. The molecule has 6 heteroatoms. The van der Waals surface area contributed by atoms with Crippen molar-refractivity contribution >= 4 is 43.6 Å².